The minimum Gasteiger partial charge on any atom is -0.348 e. The molecule has 0 radical (unpaired) electrons. The fourth-order valence-electron chi connectivity index (χ4n) is 2.42. The second-order valence-electron chi connectivity index (χ2n) is 4.58. The number of aromatic amines is 1. The molecule has 0 amide bonds. The van der Waals surface area contributed by atoms with Crippen molar-refractivity contribution < 1.29 is 0 Å². The number of nitrogens with one attached hydrogen (secondary N) is 2. The summed E-state index contributed by atoms with van der Waals surface area (Å²) in [4.78, 5) is 11.9. The summed E-state index contributed by atoms with van der Waals surface area (Å²) >= 11 is 0. The van der Waals surface area contributed by atoms with E-state index in [-0.39, 0.29) is 6.04 Å². The van der Waals surface area contributed by atoms with Crippen LogP contribution in [0.15, 0.2) is 18.7 Å². The van der Waals surface area contributed by atoms with E-state index in [2.05, 4.69) is 38.0 Å². The van der Waals surface area contributed by atoms with E-state index in [0.717, 1.165) is 43.1 Å². The van der Waals surface area contributed by atoms with E-state index in [1.807, 2.05) is 6.20 Å². The van der Waals surface area contributed by atoms with Crippen LogP contribution in [0.4, 0.5) is 0 Å². The van der Waals surface area contributed by atoms with Crippen LogP contribution in [-0.4, -0.2) is 26.1 Å². The number of nitrogens with zero attached hydrogens (tertiary/aromatic N) is 3. The highest BCUT2D eigenvalue weighted by Crippen LogP contribution is 2.20. The standard InChI is InChI=1S/C12H17N5/c1-9-7-17-4-2-3-14-11(12(17)16-9)5-10-6-13-8-15-10/h6-8,11,14H,2-5H2,1H3,(H,13,15)/t11-/m1/s1. The predicted molar refractivity (Wildman–Crippen MR) is 64.6 cm³/mol. The number of H-pyrrole nitrogens is 1. The van der Waals surface area contributed by atoms with E-state index in [1.54, 1.807) is 6.33 Å². The van der Waals surface area contributed by atoms with Crippen molar-refractivity contribution in [2.75, 3.05) is 6.54 Å². The summed E-state index contributed by atoms with van der Waals surface area (Å²) in [5.74, 6) is 1.15. The van der Waals surface area contributed by atoms with Gasteiger partial charge in [0, 0.05) is 31.1 Å². The van der Waals surface area contributed by atoms with Gasteiger partial charge in [0.2, 0.25) is 0 Å². The van der Waals surface area contributed by atoms with Crippen LogP contribution >= 0.6 is 0 Å². The first-order chi connectivity index (χ1) is 8.33. The normalized spacial score (nSPS) is 19.9. The van der Waals surface area contributed by atoms with Crippen LogP contribution in [-0.2, 0) is 13.0 Å². The van der Waals surface area contributed by atoms with Crippen molar-refractivity contribution in [3.8, 4) is 0 Å². The topological polar surface area (TPSA) is 58.5 Å². The third kappa shape index (κ3) is 2.10. The molecule has 3 rings (SSSR count). The van der Waals surface area contributed by atoms with Crippen molar-refractivity contribution in [3.63, 3.8) is 0 Å². The minimum atomic E-state index is 0.284. The minimum absolute atomic E-state index is 0.284. The van der Waals surface area contributed by atoms with E-state index in [1.165, 1.54) is 0 Å². The van der Waals surface area contributed by atoms with E-state index in [4.69, 9.17) is 0 Å². The molecule has 1 aliphatic rings. The number of imidazole rings is 2. The van der Waals surface area contributed by atoms with Gasteiger partial charge in [-0.1, -0.05) is 0 Å². The molecule has 2 N–H and O–H groups in total. The molecule has 0 bridgehead atoms. The van der Waals surface area contributed by atoms with Crippen molar-refractivity contribution in [3.05, 3.63) is 35.9 Å². The molecular formula is C12H17N5. The molecule has 1 aliphatic heterocycles. The fraction of sp³-hybridized carbons (Fsp3) is 0.500. The maximum atomic E-state index is 4.64. The van der Waals surface area contributed by atoms with Gasteiger partial charge >= 0.3 is 0 Å². The Morgan fingerprint density at radius 3 is 3.29 bits per heavy atom. The molecule has 2 aromatic rings. The zero-order valence-corrected chi connectivity index (χ0v) is 9.98. The molecule has 2 aromatic heterocycles. The van der Waals surface area contributed by atoms with Gasteiger partial charge in [-0.2, -0.15) is 0 Å². The molecule has 0 spiro atoms. The Kier molecular flexibility index (Phi) is 2.68. The van der Waals surface area contributed by atoms with Gasteiger partial charge in [-0.05, 0) is 19.9 Å². The van der Waals surface area contributed by atoms with Crippen LogP contribution in [0.25, 0.3) is 0 Å². The largest absolute Gasteiger partial charge is 0.348 e. The lowest BCUT2D eigenvalue weighted by Crippen LogP contribution is -2.24. The summed E-state index contributed by atoms with van der Waals surface area (Å²) in [6.07, 6.45) is 7.82. The van der Waals surface area contributed by atoms with Gasteiger partial charge in [-0.15, -0.1) is 0 Å². The van der Waals surface area contributed by atoms with Crippen LogP contribution < -0.4 is 5.32 Å². The van der Waals surface area contributed by atoms with Crippen molar-refractivity contribution in [1.29, 1.82) is 0 Å². The molecule has 0 saturated carbocycles. The summed E-state index contributed by atoms with van der Waals surface area (Å²) in [5, 5.41) is 3.56. The number of hydrogen-bond donors (Lipinski definition) is 2. The molecule has 5 nitrogen and oxygen atoms in total. The lowest BCUT2D eigenvalue weighted by Gasteiger charge is -2.14. The second-order valence-corrected chi connectivity index (χ2v) is 4.58. The van der Waals surface area contributed by atoms with Gasteiger partial charge < -0.3 is 14.9 Å². The van der Waals surface area contributed by atoms with Crippen LogP contribution in [0.3, 0.4) is 0 Å². The van der Waals surface area contributed by atoms with Crippen LogP contribution in [0.2, 0.25) is 0 Å². The summed E-state index contributed by atoms with van der Waals surface area (Å²) in [6, 6.07) is 0.284. The first kappa shape index (κ1) is 10.5. The summed E-state index contributed by atoms with van der Waals surface area (Å²) in [7, 11) is 0. The quantitative estimate of drug-likeness (QED) is 0.816. The van der Waals surface area contributed by atoms with Crippen LogP contribution in [0, 0.1) is 6.92 Å². The monoisotopic (exact) mass is 231 g/mol. The van der Waals surface area contributed by atoms with Gasteiger partial charge in [0.05, 0.1) is 18.1 Å². The molecule has 0 unspecified atom stereocenters. The molecular weight excluding hydrogens is 214 g/mol. The lowest BCUT2D eigenvalue weighted by atomic mass is 10.1. The average Bonchev–Trinajstić information content (AvgIpc) is 2.89. The Morgan fingerprint density at radius 1 is 1.53 bits per heavy atom. The number of rotatable bonds is 2. The summed E-state index contributed by atoms with van der Waals surface area (Å²) in [6.45, 7) is 4.15. The first-order valence-corrected chi connectivity index (χ1v) is 6.07. The van der Waals surface area contributed by atoms with Crippen LogP contribution in [0.5, 0.6) is 0 Å². The van der Waals surface area contributed by atoms with Crippen molar-refractivity contribution in [2.24, 2.45) is 0 Å². The Morgan fingerprint density at radius 2 is 2.47 bits per heavy atom. The molecule has 5 heteroatoms. The SMILES string of the molecule is Cc1cn2c(n1)[C@@H](Cc1cnc[nH]1)NCCC2. The van der Waals surface area contributed by atoms with Gasteiger partial charge in [-0.3, -0.25) is 0 Å². The fourth-order valence-corrected chi connectivity index (χ4v) is 2.42. The molecule has 3 heterocycles. The maximum Gasteiger partial charge on any atom is 0.126 e. The zero-order valence-electron chi connectivity index (χ0n) is 9.98. The Labute approximate surface area is 100 Å². The third-order valence-corrected chi connectivity index (χ3v) is 3.18. The maximum absolute atomic E-state index is 4.64. The van der Waals surface area contributed by atoms with Crippen molar-refractivity contribution >= 4 is 0 Å². The highest BCUT2D eigenvalue weighted by atomic mass is 15.1. The Bertz CT molecular complexity index is 485. The summed E-state index contributed by atoms with van der Waals surface area (Å²) < 4.78 is 2.27. The number of aromatic nitrogens is 4. The van der Waals surface area contributed by atoms with E-state index in [0.29, 0.717) is 0 Å². The highest BCUT2D eigenvalue weighted by molar-refractivity contribution is 5.11. The van der Waals surface area contributed by atoms with Crippen molar-refractivity contribution in [2.45, 2.75) is 32.4 Å². The summed E-state index contributed by atoms with van der Waals surface area (Å²) in [5.41, 5.74) is 2.25. The van der Waals surface area contributed by atoms with Crippen LogP contribution in [0.1, 0.15) is 29.7 Å². The molecule has 0 saturated heterocycles. The zero-order chi connectivity index (χ0) is 11.7. The molecule has 0 aromatic carbocycles. The lowest BCUT2D eigenvalue weighted by molar-refractivity contribution is 0.521. The molecule has 1 atom stereocenters. The molecule has 17 heavy (non-hydrogen) atoms. The molecule has 0 fully saturated rings. The van der Waals surface area contributed by atoms with Gasteiger partial charge in [0.25, 0.3) is 0 Å². The van der Waals surface area contributed by atoms with Gasteiger partial charge in [0.15, 0.2) is 0 Å². The molecule has 0 aliphatic carbocycles. The van der Waals surface area contributed by atoms with Crippen molar-refractivity contribution in [1.82, 2.24) is 24.8 Å². The van der Waals surface area contributed by atoms with Gasteiger partial charge in [-0.25, -0.2) is 9.97 Å². The second kappa shape index (κ2) is 4.33. The Balaban J connectivity index is 1.88. The predicted octanol–water partition coefficient (Wildman–Crippen LogP) is 1.19. The van der Waals surface area contributed by atoms with E-state index in [9.17, 15) is 0 Å². The number of aryl methyl sites for hydroxylation is 2. The van der Waals surface area contributed by atoms with E-state index >= 15 is 0 Å². The molecule has 90 valence electrons. The number of hydrogen-bond acceptors (Lipinski definition) is 3. The highest BCUT2D eigenvalue weighted by Gasteiger charge is 2.21. The average molecular weight is 231 g/mol. The smallest absolute Gasteiger partial charge is 0.126 e. The van der Waals surface area contributed by atoms with Gasteiger partial charge in [0.1, 0.15) is 5.82 Å². The first-order valence-electron chi connectivity index (χ1n) is 6.07. The number of fused-ring (bicyclic) bond motifs is 1. The Hall–Kier alpha value is -1.62. The third-order valence-electron chi connectivity index (χ3n) is 3.18. The van der Waals surface area contributed by atoms with E-state index < -0.39 is 0 Å².